The van der Waals surface area contributed by atoms with Crippen molar-refractivity contribution in [1.29, 1.82) is 0 Å². The molecule has 5 heteroatoms. The molecule has 38 heavy (non-hydrogen) atoms. The fourth-order valence-corrected chi connectivity index (χ4v) is 6.49. The summed E-state index contributed by atoms with van der Waals surface area (Å²) < 4.78 is 0. The van der Waals surface area contributed by atoms with Crippen LogP contribution in [0.2, 0.25) is 10.0 Å². The normalized spacial score (nSPS) is 17.0. The highest BCUT2D eigenvalue weighted by atomic mass is 35.5. The molecule has 1 amide bonds. The Bertz CT molecular complexity index is 1360. The van der Waals surface area contributed by atoms with Crippen molar-refractivity contribution in [3.8, 4) is 0 Å². The summed E-state index contributed by atoms with van der Waals surface area (Å²) in [4.78, 5) is 17.8. The van der Waals surface area contributed by atoms with Crippen molar-refractivity contribution < 1.29 is 4.79 Å². The number of hydrogen-bond donors (Lipinski definition) is 0. The van der Waals surface area contributed by atoms with Gasteiger partial charge in [-0.25, -0.2) is 0 Å². The zero-order chi connectivity index (χ0) is 26.9. The predicted molar refractivity (Wildman–Crippen MR) is 160 cm³/mol. The van der Waals surface area contributed by atoms with Gasteiger partial charge in [0.15, 0.2) is 0 Å². The topological polar surface area (TPSA) is 23.6 Å². The lowest BCUT2D eigenvalue weighted by molar-refractivity contribution is 0.0780. The largest absolute Gasteiger partial charge is 0.341 e. The summed E-state index contributed by atoms with van der Waals surface area (Å²) >= 11 is 12.7. The van der Waals surface area contributed by atoms with Crippen LogP contribution in [0.5, 0.6) is 0 Å². The van der Waals surface area contributed by atoms with Gasteiger partial charge < -0.3 is 9.80 Å². The van der Waals surface area contributed by atoms with Crippen LogP contribution in [0.3, 0.4) is 0 Å². The average Bonchev–Trinajstić information content (AvgIpc) is 3.26. The molecule has 1 atom stereocenters. The Morgan fingerprint density at radius 2 is 1.76 bits per heavy atom. The zero-order valence-electron chi connectivity index (χ0n) is 22.5. The van der Waals surface area contributed by atoms with Gasteiger partial charge in [-0.1, -0.05) is 83.4 Å². The van der Waals surface area contributed by atoms with Crippen molar-refractivity contribution in [2.45, 2.75) is 44.4 Å². The molecule has 2 aliphatic rings. The Morgan fingerprint density at radius 1 is 1.00 bits per heavy atom. The van der Waals surface area contributed by atoms with E-state index in [4.69, 9.17) is 23.2 Å². The molecule has 5 rings (SSSR count). The minimum absolute atomic E-state index is 0.0548. The average molecular weight is 548 g/mol. The molecule has 1 aliphatic heterocycles. The van der Waals surface area contributed by atoms with Crippen LogP contribution in [0, 0.1) is 13.8 Å². The highest BCUT2D eigenvalue weighted by Crippen LogP contribution is 2.43. The van der Waals surface area contributed by atoms with Crippen LogP contribution in [-0.4, -0.2) is 48.9 Å². The molecular formula is C33H36Cl2N2O. The molecule has 1 fully saturated rings. The predicted octanol–water partition coefficient (Wildman–Crippen LogP) is 7.92. The molecule has 0 saturated carbocycles. The molecule has 1 saturated heterocycles. The Kier molecular flexibility index (Phi) is 8.00. The molecule has 0 N–H and O–H groups in total. The summed E-state index contributed by atoms with van der Waals surface area (Å²) in [5.41, 5.74) is 7.11. The van der Waals surface area contributed by atoms with Gasteiger partial charge in [0.1, 0.15) is 0 Å². The van der Waals surface area contributed by atoms with E-state index in [0.717, 1.165) is 61.2 Å². The number of halogens is 2. The number of hydrogen-bond acceptors (Lipinski definition) is 2. The Labute approximate surface area is 237 Å². The van der Waals surface area contributed by atoms with Gasteiger partial charge in [0.25, 0.3) is 5.91 Å². The van der Waals surface area contributed by atoms with E-state index >= 15 is 0 Å². The zero-order valence-corrected chi connectivity index (χ0v) is 24.0. The van der Waals surface area contributed by atoms with Crippen LogP contribution in [-0.2, 0) is 5.41 Å². The number of benzene rings is 3. The molecule has 0 bridgehead atoms. The van der Waals surface area contributed by atoms with E-state index in [0.29, 0.717) is 16.6 Å². The maximum absolute atomic E-state index is 13.4. The summed E-state index contributed by atoms with van der Waals surface area (Å²) in [5.74, 6) is 0.214. The van der Waals surface area contributed by atoms with Crippen LogP contribution in [0.4, 0.5) is 0 Å². The fourth-order valence-electron chi connectivity index (χ4n) is 6.19. The van der Waals surface area contributed by atoms with Gasteiger partial charge >= 0.3 is 0 Å². The second-order valence-corrected chi connectivity index (χ2v) is 11.9. The maximum atomic E-state index is 13.4. The van der Waals surface area contributed by atoms with Crippen molar-refractivity contribution in [3.05, 3.63) is 110 Å². The molecule has 1 spiro atoms. The van der Waals surface area contributed by atoms with Gasteiger partial charge in [-0.05, 0) is 93.2 Å². The Hall–Kier alpha value is -2.59. The number of nitrogens with zero attached hydrogens (tertiary/aromatic N) is 2. The van der Waals surface area contributed by atoms with Crippen molar-refractivity contribution in [2.24, 2.45) is 0 Å². The van der Waals surface area contributed by atoms with E-state index in [1.54, 1.807) is 0 Å². The number of fused-ring (bicyclic) bond motifs is 2. The monoisotopic (exact) mass is 546 g/mol. The van der Waals surface area contributed by atoms with Crippen LogP contribution in [0.25, 0.3) is 6.08 Å². The highest BCUT2D eigenvalue weighted by molar-refractivity contribution is 6.42. The third-order valence-corrected chi connectivity index (χ3v) is 9.23. The first-order valence-corrected chi connectivity index (χ1v) is 14.3. The molecule has 1 heterocycles. The number of amides is 1. The quantitative estimate of drug-likeness (QED) is 0.300. The van der Waals surface area contributed by atoms with Gasteiger partial charge in [-0.15, -0.1) is 0 Å². The number of allylic oxidation sites excluding steroid dienone is 1. The van der Waals surface area contributed by atoms with Crippen LogP contribution >= 0.6 is 23.2 Å². The minimum atomic E-state index is 0.0548. The lowest BCUT2D eigenvalue weighted by atomic mass is 9.74. The third kappa shape index (κ3) is 5.57. The Balaban J connectivity index is 1.27. The Morgan fingerprint density at radius 3 is 2.50 bits per heavy atom. The molecule has 1 aliphatic carbocycles. The van der Waals surface area contributed by atoms with E-state index in [9.17, 15) is 4.79 Å². The smallest absolute Gasteiger partial charge is 0.253 e. The van der Waals surface area contributed by atoms with Crippen molar-refractivity contribution >= 4 is 35.2 Å². The fraction of sp³-hybridized carbons (Fsp3) is 0.364. The van der Waals surface area contributed by atoms with E-state index in [2.05, 4.69) is 60.4 Å². The van der Waals surface area contributed by atoms with E-state index < -0.39 is 0 Å². The summed E-state index contributed by atoms with van der Waals surface area (Å²) in [7, 11) is 1.90. The number of aryl methyl sites for hydroxylation is 2. The van der Waals surface area contributed by atoms with Crippen LogP contribution in [0.1, 0.15) is 63.4 Å². The second kappa shape index (κ2) is 11.3. The number of rotatable bonds is 7. The van der Waals surface area contributed by atoms with Gasteiger partial charge in [0.2, 0.25) is 0 Å². The van der Waals surface area contributed by atoms with Crippen LogP contribution in [0.15, 0.2) is 66.7 Å². The summed E-state index contributed by atoms with van der Waals surface area (Å²) in [5, 5.41) is 1.12. The van der Waals surface area contributed by atoms with Crippen molar-refractivity contribution in [2.75, 3.05) is 33.2 Å². The molecule has 3 nitrogen and oxygen atoms in total. The molecule has 198 valence electrons. The highest BCUT2D eigenvalue weighted by Gasteiger charge is 2.37. The summed E-state index contributed by atoms with van der Waals surface area (Å²) in [6.45, 7) is 7.81. The van der Waals surface area contributed by atoms with Crippen LogP contribution < -0.4 is 0 Å². The summed E-state index contributed by atoms with van der Waals surface area (Å²) in [6.07, 6.45) is 7.96. The van der Waals surface area contributed by atoms with Gasteiger partial charge in [0, 0.05) is 30.5 Å². The minimum Gasteiger partial charge on any atom is -0.341 e. The van der Waals surface area contributed by atoms with Crippen molar-refractivity contribution in [3.63, 3.8) is 0 Å². The second-order valence-electron chi connectivity index (χ2n) is 11.1. The molecule has 3 aromatic rings. The van der Waals surface area contributed by atoms with Crippen molar-refractivity contribution in [1.82, 2.24) is 9.80 Å². The molecule has 3 aromatic carbocycles. The number of piperidine rings is 1. The lowest BCUT2D eigenvalue weighted by Gasteiger charge is -2.40. The molecule has 0 aromatic heterocycles. The number of carbonyl (C=O) groups excluding carboxylic acids is 1. The first-order valence-electron chi connectivity index (χ1n) is 13.5. The lowest BCUT2D eigenvalue weighted by Crippen LogP contribution is -2.42. The SMILES string of the molecule is Cc1ccc(C(=O)N(C)C[C@@H](CCN2CCC3(C=Cc4ccccc43)CC2)c2ccc(Cl)c(Cl)c2)c(C)c1. The standard InChI is InChI=1S/C33H36Cl2N2O/c1-23-8-10-28(24(2)20-23)32(38)36(3)22-27(26-9-11-30(34)31(35)21-26)13-17-37-18-15-33(16-19-37)14-12-25-6-4-5-7-29(25)33/h4-12,14,20-21,27H,13,15-19,22H2,1-3H3/t27-/m1/s1. The number of carbonyl (C=O) groups is 1. The van der Waals surface area contributed by atoms with Gasteiger partial charge in [0.05, 0.1) is 10.0 Å². The third-order valence-electron chi connectivity index (χ3n) is 8.49. The number of likely N-dealkylation sites (tertiary alicyclic amines) is 1. The molecular weight excluding hydrogens is 511 g/mol. The van der Waals surface area contributed by atoms with E-state index in [-0.39, 0.29) is 17.2 Å². The van der Waals surface area contributed by atoms with Gasteiger partial charge in [-0.3, -0.25) is 4.79 Å². The van der Waals surface area contributed by atoms with Gasteiger partial charge in [-0.2, -0.15) is 0 Å². The first kappa shape index (κ1) is 27.0. The van der Waals surface area contributed by atoms with E-state index in [1.165, 1.54) is 11.1 Å². The van der Waals surface area contributed by atoms with E-state index in [1.807, 2.05) is 43.1 Å². The molecule has 0 unspecified atom stereocenters. The number of likely N-dealkylation sites (N-methyl/N-ethyl adjacent to an activating group) is 1. The summed E-state index contributed by atoms with van der Waals surface area (Å²) in [6, 6.07) is 20.7. The first-order chi connectivity index (χ1) is 18.3. The maximum Gasteiger partial charge on any atom is 0.253 e. The molecule has 0 radical (unpaired) electrons.